The molecule has 0 spiro atoms. The molecule has 4 heteroatoms. The fraction of sp³-hybridized carbons (Fsp3) is 0.238. The van der Waals surface area contributed by atoms with Crippen LogP contribution < -0.4 is 10.4 Å². The number of rotatable bonds is 5. The Morgan fingerprint density at radius 2 is 1.80 bits per heavy atom. The molecule has 0 amide bonds. The predicted octanol–water partition coefficient (Wildman–Crippen LogP) is 4.66. The highest BCUT2D eigenvalue weighted by Crippen LogP contribution is 2.29. The van der Waals surface area contributed by atoms with Crippen LogP contribution >= 0.6 is 0 Å². The maximum Gasteiger partial charge on any atom is 0.343 e. The van der Waals surface area contributed by atoms with Gasteiger partial charge in [-0.15, -0.1) is 0 Å². The van der Waals surface area contributed by atoms with Crippen molar-refractivity contribution in [1.82, 2.24) is 0 Å². The summed E-state index contributed by atoms with van der Waals surface area (Å²) >= 11 is 0. The van der Waals surface area contributed by atoms with Crippen molar-refractivity contribution in [2.24, 2.45) is 0 Å². The fourth-order valence-electron chi connectivity index (χ4n) is 2.69. The summed E-state index contributed by atoms with van der Waals surface area (Å²) in [6, 6.07) is 14.2. The van der Waals surface area contributed by atoms with Gasteiger partial charge in [-0.25, -0.2) is 9.59 Å². The van der Waals surface area contributed by atoms with Crippen LogP contribution in [0.3, 0.4) is 0 Å². The van der Waals surface area contributed by atoms with E-state index >= 15 is 0 Å². The van der Waals surface area contributed by atoms with Crippen molar-refractivity contribution in [2.45, 2.75) is 33.1 Å². The first kappa shape index (κ1) is 17.0. The normalized spacial score (nSPS) is 10.8. The minimum absolute atomic E-state index is 0.311. The Hall–Kier alpha value is -2.88. The molecule has 0 aliphatic rings. The second kappa shape index (κ2) is 7.34. The van der Waals surface area contributed by atoms with Crippen LogP contribution in [-0.2, 0) is 6.42 Å². The van der Waals surface area contributed by atoms with Gasteiger partial charge in [0.25, 0.3) is 0 Å². The van der Waals surface area contributed by atoms with Gasteiger partial charge in [-0.1, -0.05) is 43.2 Å². The largest absolute Gasteiger partial charge is 0.422 e. The first-order valence-corrected chi connectivity index (χ1v) is 8.43. The van der Waals surface area contributed by atoms with E-state index in [1.807, 2.05) is 32.0 Å². The van der Waals surface area contributed by atoms with Crippen molar-refractivity contribution >= 4 is 16.9 Å². The summed E-state index contributed by atoms with van der Waals surface area (Å²) in [5.41, 5.74) is 1.90. The molecular weight excluding hydrogens is 316 g/mol. The van der Waals surface area contributed by atoms with E-state index in [-0.39, 0.29) is 0 Å². The Balaban J connectivity index is 2.07. The van der Waals surface area contributed by atoms with Gasteiger partial charge in [0.05, 0.1) is 16.5 Å². The zero-order chi connectivity index (χ0) is 17.8. The molecule has 0 saturated heterocycles. The molecule has 25 heavy (non-hydrogen) atoms. The zero-order valence-electron chi connectivity index (χ0n) is 14.4. The SMILES string of the molecule is CCCCc1c(OC(=O)c2ccc(C)cc2)c2ccccc2oc1=O. The maximum absolute atomic E-state index is 12.6. The highest BCUT2D eigenvalue weighted by Gasteiger charge is 2.19. The molecule has 0 radical (unpaired) electrons. The standard InChI is InChI=1S/C21H20O4/c1-3-4-7-17-19(16-8-5-6-9-18(16)24-21(17)23)25-20(22)15-12-10-14(2)11-13-15/h5-6,8-13H,3-4,7H2,1-2H3. The van der Waals surface area contributed by atoms with Crippen molar-refractivity contribution in [3.8, 4) is 5.75 Å². The first-order valence-electron chi connectivity index (χ1n) is 8.43. The molecule has 0 unspecified atom stereocenters. The highest BCUT2D eigenvalue weighted by molar-refractivity contribution is 5.94. The molecule has 0 aliphatic carbocycles. The quantitative estimate of drug-likeness (QED) is 0.502. The second-order valence-corrected chi connectivity index (χ2v) is 6.05. The fourth-order valence-corrected chi connectivity index (χ4v) is 2.69. The Morgan fingerprint density at radius 1 is 1.08 bits per heavy atom. The number of benzene rings is 2. The number of ether oxygens (including phenoxy) is 1. The van der Waals surface area contributed by atoms with Gasteiger partial charge in [-0.3, -0.25) is 0 Å². The molecule has 2 aromatic carbocycles. The number of esters is 1. The molecule has 1 heterocycles. The molecule has 4 nitrogen and oxygen atoms in total. The van der Waals surface area contributed by atoms with Crippen LogP contribution in [0.4, 0.5) is 0 Å². The molecule has 128 valence electrons. The summed E-state index contributed by atoms with van der Waals surface area (Å²) in [5, 5.41) is 0.633. The van der Waals surface area contributed by atoms with Gasteiger partial charge in [0, 0.05) is 0 Å². The molecule has 1 aromatic heterocycles. The topological polar surface area (TPSA) is 56.5 Å². The van der Waals surface area contributed by atoms with Crippen molar-refractivity contribution < 1.29 is 13.9 Å². The van der Waals surface area contributed by atoms with Gasteiger partial charge in [-0.2, -0.15) is 0 Å². The smallest absolute Gasteiger partial charge is 0.343 e. The van der Waals surface area contributed by atoms with Crippen LogP contribution in [0, 0.1) is 6.92 Å². The molecule has 0 N–H and O–H groups in total. The predicted molar refractivity (Wildman–Crippen MR) is 97.2 cm³/mol. The van der Waals surface area contributed by atoms with Crippen molar-refractivity contribution in [3.05, 3.63) is 75.6 Å². The summed E-state index contributed by atoms with van der Waals surface area (Å²) in [7, 11) is 0. The van der Waals surface area contributed by atoms with Crippen LogP contribution in [0.1, 0.15) is 41.3 Å². The minimum atomic E-state index is -0.478. The van der Waals surface area contributed by atoms with E-state index in [2.05, 4.69) is 0 Å². The Morgan fingerprint density at radius 3 is 2.52 bits per heavy atom. The maximum atomic E-state index is 12.6. The van der Waals surface area contributed by atoms with Gasteiger partial charge >= 0.3 is 11.6 Å². The number of para-hydroxylation sites is 1. The van der Waals surface area contributed by atoms with Gasteiger partial charge in [0.2, 0.25) is 0 Å². The number of carbonyl (C=O) groups is 1. The minimum Gasteiger partial charge on any atom is -0.422 e. The highest BCUT2D eigenvalue weighted by atomic mass is 16.5. The van der Waals surface area contributed by atoms with Gasteiger partial charge < -0.3 is 9.15 Å². The third-order valence-electron chi connectivity index (χ3n) is 4.12. The van der Waals surface area contributed by atoms with Crippen LogP contribution in [0.15, 0.2) is 57.7 Å². The summed E-state index contributed by atoms with van der Waals surface area (Å²) in [4.78, 5) is 24.9. The zero-order valence-corrected chi connectivity index (χ0v) is 14.4. The van der Waals surface area contributed by atoms with E-state index in [1.54, 1.807) is 30.3 Å². The Bertz CT molecular complexity index is 952. The molecule has 0 aliphatic heterocycles. The Labute approximate surface area is 146 Å². The lowest BCUT2D eigenvalue weighted by Gasteiger charge is -2.12. The van der Waals surface area contributed by atoms with E-state index in [0.29, 0.717) is 34.3 Å². The van der Waals surface area contributed by atoms with Crippen LogP contribution in [0.2, 0.25) is 0 Å². The number of carbonyl (C=O) groups excluding carboxylic acids is 1. The average molecular weight is 336 g/mol. The summed E-state index contributed by atoms with van der Waals surface area (Å²) in [5.74, 6) is -0.167. The summed E-state index contributed by atoms with van der Waals surface area (Å²) in [6.45, 7) is 3.99. The van der Waals surface area contributed by atoms with Gasteiger partial charge in [0.15, 0.2) is 5.75 Å². The molecule has 0 fully saturated rings. The molecule has 3 aromatic rings. The van der Waals surface area contributed by atoms with Crippen LogP contribution in [0.5, 0.6) is 5.75 Å². The monoisotopic (exact) mass is 336 g/mol. The molecule has 3 rings (SSSR count). The Kier molecular flexibility index (Phi) is 4.98. The van der Waals surface area contributed by atoms with Crippen molar-refractivity contribution in [2.75, 3.05) is 0 Å². The lowest BCUT2D eigenvalue weighted by atomic mass is 10.1. The van der Waals surface area contributed by atoms with Gasteiger partial charge in [0.1, 0.15) is 5.58 Å². The number of unbranched alkanes of at least 4 members (excludes halogenated alkanes) is 1. The summed E-state index contributed by atoms with van der Waals surface area (Å²) < 4.78 is 11.1. The van der Waals surface area contributed by atoms with E-state index in [4.69, 9.17) is 9.15 Å². The number of fused-ring (bicyclic) bond motifs is 1. The lowest BCUT2D eigenvalue weighted by Crippen LogP contribution is -2.15. The molecular formula is C21H20O4. The average Bonchev–Trinajstić information content (AvgIpc) is 2.61. The van der Waals surface area contributed by atoms with Crippen molar-refractivity contribution in [3.63, 3.8) is 0 Å². The van der Waals surface area contributed by atoms with E-state index in [9.17, 15) is 9.59 Å². The van der Waals surface area contributed by atoms with Crippen LogP contribution in [-0.4, -0.2) is 5.97 Å². The number of hydrogen-bond donors (Lipinski definition) is 0. The van der Waals surface area contributed by atoms with E-state index < -0.39 is 11.6 Å². The van der Waals surface area contributed by atoms with Crippen molar-refractivity contribution in [1.29, 1.82) is 0 Å². The molecule has 0 bridgehead atoms. The number of hydrogen-bond acceptors (Lipinski definition) is 4. The molecule has 0 saturated carbocycles. The van der Waals surface area contributed by atoms with Gasteiger partial charge in [-0.05, 0) is 44.0 Å². The van der Waals surface area contributed by atoms with E-state index in [1.165, 1.54) is 0 Å². The third-order valence-corrected chi connectivity index (χ3v) is 4.12. The van der Waals surface area contributed by atoms with E-state index in [0.717, 1.165) is 18.4 Å². The second-order valence-electron chi connectivity index (χ2n) is 6.05. The van der Waals surface area contributed by atoms with Crippen LogP contribution in [0.25, 0.3) is 11.0 Å². The summed E-state index contributed by atoms with van der Waals surface area (Å²) in [6.07, 6.45) is 2.26. The first-order chi connectivity index (χ1) is 12.1. The molecule has 0 atom stereocenters. The third kappa shape index (κ3) is 3.63. The number of aryl methyl sites for hydroxylation is 1. The lowest BCUT2D eigenvalue weighted by molar-refractivity contribution is 0.0734.